The third-order valence-corrected chi connectivity index (χ3v) is 4.52. The summed E-state index contributed by atoms with van der Waals surface area (Å²) in [6, 6.07) is 7.98. The zero-order valence-corrected chi connectivity index (χ0v) is 12.9. The summed E-state index contributed by atoms with van der Waals surface area (Å²) in [6.45, 7) is 6.64. The van der Waals surface area contributed by atoms with E-state index in [1.807, 2.05) is 24.3 Å². The van der Waals surface area contributed by atoms with Crippen LogP contribution in [-0.4, -0.2) is 35.3 Å². The van der Waals surface area contributed by atoms with Crippen molar-refractivity contribution in [1.29, 1.82) is 0 Å². The minimum atomic E-state index is -0.137. The van der Waals surface area contributed by atoms with E-state index in [2.05, 4.69) is 28.7 Å². The van der Waals surface area contributed by atoms with E-state index in [1.54, 1.807) is 6.33 Å². The summed E-state index contributed by atoms with van der Waals surface area (Å²) in [7, 11) is 0. The van der Waals surface area contributed by atoms with E-state index in [0.29, 0.717) is 6.61 Å². The number of hydrogen-bond donors (Lipinski definition) is 0. The number of anilines is 1. The van der Waals surface area contributed by atoms with Crippen LogP contribution in [0.4, 0.5) is 5.82 Å². The molecular weight excluding hydrogens is 278 g/mol. The maximum Gasteiger partial charge on any atom is 0.196 e. The van der Waals surface area contributed by atoms with Crippen LogP contribution in [-0.2, 0) is 4.74 Å². The van der Waals surface area contributed by atoms with E-state index in [0.717, 1.165) is 47.4 Å². The molecule has 5 heteroatoms. The standard InChI is InChI=1S/C17H19N3O2/c1-3-17(2)10-20(8-9-21-17)16-15-14(18-11-19-16)12-6-4-5-7-13(12)22-15/h4-7,11H,3,8-10H2,1-2H3. The summed E-state index contributed by atoms with van der Waals surface area (Å²) in [5.74, 6) is 0.865. The van der Waals surface area contributed by atoms with Crippen molar-refractivity contribution in [2.24, 2.45) is 0 Å². The first kappa shape index (κ1) is 13.5. The summed E-state index contributed by atoms with van der Waals surface area (Å²) >= 11 is 0. The monoisotopic (exact) mass is 297 g/mol. The first-order chi connectivity index (χ1) is 10.7. The van der Waals surface area contributed by atoms with Gasteiger partial charge in [-0.15, -0.1) is 0 Å². The fourth-order valence-electron chi connectivity index (χ4n) is 3.06. The largest absolute Gasteiger partial charge is 0.450 e. The second-order valence-electron chi connectivity index (χ2n) is 6.05. The Labute approximate surface area is 128 Å². The van der Waals surface area contributed by atoms with E-state index in [9.17, 15) is 0 Å². The Balaban J connectivity index is 1.85. The number of ether oxygens (including phenoxy) is 1. The summed E-state index contributed by atoms with van der Waals surface area (Å²) in [6.07, 6.45) is 2.59. The molecule has 5 nitrogen and oxygen atoms in total. The van der Waals surface area contributed by atoms with Crippen LogP contribution in [0.25, 0.3) is 22.1 Å². The number of aromatic nitrogens is 2. The molecule has 1 aliphatic heterocycles. The fraction of sp³-hybridized carbons (Fsp3) is 0.412. The van der Waals surface area contributed by atoms with Crippen LogP contribution in [0.5, 0.6) is 0 Å². The van der Waals surface area contributed by atoms with Crippen molar-refractivity contribution < 1.29 is 9.15 Å². The van der Waals surface area contributed by atoms with Gasteiger partial charge in [0, 0.05) is 18.5 Å². The van der Waals surface area contributed by atoms with Gasteiger partial charge < -0.3 is 14.1 Å². The molecule has 1 fully saturated rings. The molecule has 0 radical (unpaired) electrons. The van der Waals surface area contributed by atoms with Crippen molar-refractivity contribution in [3.05, 3.63) is 30.6 Å². The molecule has 1 atom stereocenters. The predicted molar refractivity (Wildman–Crippen MR) is 86.2 cm³/mol. The van der Waals surface area contributed by atoms with Gasteiger partial charge in [0.05, 0.1) is 12.2 Å². The van der Waals surface area contributed by atoms with Gasteiger partial charge in [-0.05, 0) is 25.5 Å². The van der Waals surface area contributed by atoms with Crippen LogP contribution in [0.15, 0.2) is 35.0 Å². The molecule has 1 saturated heterocycles. The molecule has 114 valence electrons. The Kier molecular flexibility index (Phi) is 3.04. The van der Waals surface area contributed by atoms with E-state index in [1.165, 1.54) is 0 Å². The second-order valence-corrected chi connectivity index (χ2v) is 6.05. The highest BCUT2D eigenvalue weighted by atomic mass is 16.5. The molecule has 0 spiro atoms. The van der Waals surface area contributed by atoms with Crippen LogP contribution in [0.3, 0.4) is 0 Å². The van der Waals surface area contributed by atoms with Crippen LogP contribution in [0, 0.1) is 0 Å². The number of fused-ring (bicyclic) bond motifs is 3. The Morgan fingerprint density at radius 3 is 3.00 bits per heavy atom. The van der Waals surface area contributed by atoms with Gasteiger partial charge in [-0.2, -0.15) is 0 Å². The van der Waals surface area contributed by atoms with Gasteiger partial charge in [0.25, 0.3) is 0 Å². The number of para-hydroxylation sites is 1. The molecule has 0 aliphatic carbocycles. The Morgan fingerprint density at radius 2 is 2.14 bits per heavy atom. The molecule has 2 aromatic heterocycles. The molecule has 3 aromatic rings. The third kappa shape index (κ3) is 2.04. The quantitative estimate of drug-likeness (QED) is 0.726. The number of nitrogens with zero attached hydrogens (tertiary/aromatic N) is 3. The van der Waals surface area contributed by atoms with Crippen LogP contribution in [0.1, 0.15) is 20.3 Å². The van der Waals surface area contributed by atoms with Crippen molar-refractivity contribution in [1.82, 2.24) is 9.97 Å². The van der Waals surface area contributed by atoms with Gasteiger partial charge in [-0.1, -0.05) is 19.1 Å². The van der Waals surface area contributed by atoms with E-state index < -0.39 is 0 Å². The van der Waals surface area contributed by atoms with Crippen molar-refractivity contribution in [2.45, 2.75) is 25.9 Å². The first-order valence-electron chi connectivity index (χ1n) is 7.71. The predicted octanol–water partition coefficient (Wildman–Crippen LogP) is 3.38. The Hall–Kier alpha value is -2.14. The topological polar surface area (TPSA) is 51.4 Å². The number of furan rings is 1. The third-order valence-electron chi connectivity index (χ3n) is 4.52. The highest BCUT2D eigenvalue weighted by Gasteiger charge is 2.32. The summed E-state index contributed by atoms with van der Waals surface area (Å²) in [4.78, 5) is 11.2. The maximum atomic E-state index is 6.03. The van der Waals surface area contributed by atoms with Gasteiger partial charge >= 0.3 is 0 Å². The van der Waals surface area contributed by atoms with Crippen molar-refractivity contribution in [3.8, 4) is 0 Å². The highest BCUT2D eigenvalue weighted by molar-refractivity contribution is 6.05. The van der Waals surface area contributed by atoms with Gasteiger partial charge in [0.15, 0.2) is 11.4 Å². The van der Waals surface area contributed by atoms with E-state index in [-0.39, 0.29) is 5.60 Å². The number of morpholine rings is 1. The molecule has 1 aliphatic rings. The summed E-state index contributed by atoms with van der Waals surface area (Å²) < 4.78 is 12.0. The number of benzene rings is 1. The SMILES string of the molecule is CCC1(C)CN(c2ncnc3c2oc2ccccc23)CCO1. The Morgan fingerprint density at radius 1 is 1.27 bits per heavy atom. The molecule has 0 N–H and O–H groups in total. The van der Waals surface area contributed by atoms with Gasteiger partial charge in [0.2, 0.25) is 0 Å². The van der Waals surface area contributed by atoms with Crippen molar-refractivity contribution >= 4 is 27.9 Å². The van der Waals surface area contributed by atoms with Crippen molar-refractivity contribution in [2.75, 3.05) is 24.6 Å². The van der Waals surface area contributed by atoms with E-state index in [4.69, 9.17) is 9.15 Å². The average molecular weight is 297 g/mol. The highest BCUT2D eigenvalue weighted by Crippen LogP contribution is 2.34. The summed E-state index contributed by atoms with van der Waals surface area (Å²) in [5.41, 5.74) is 2.36. The lowest BCUT2D eigenvalue weighted by Gasteiger charge is -2.40. The molecule has 4 rings (SSSR count). The van der Waals surface area contributed by atoms with Crippen LogP contribution < -0.4 is 4.90 Å². The minimum Gasteiger partial charge on any atom is -0.450 e. The lowest BCUT2D eigenvalue weighted by atomic mass is 10.0. The lowest BCUT2D eigenvalue weighted by molar-refractivity contribution is -0.0442. The zero-order valence-electron chi connectivity index (χ0n) is 12.9. The summed E-state index contributed by atoms with van der Waals surface area (Å²) in [5, 5.41) is 1.03. The molecule has 1 unspecified atom stereocenters. The molecule has 0 bridgehead atoms. The van der Waals surface area contributed by atoms with Crippen LogP contribution >= 0.6 is 0 Å². The average Bonchev–Trinajstić information content (AvgIpc) is 2.93. The molecule has 0 saturated carbocycles. The van der Waals surface area contributed by atoms with E-state index >= 15 is 0 Å². The zero-order chi connectivity index (χ0) is 15.2. The number of rotatable bonds is 2. The first-order valence-corrected chi connectivity index (χ1v) is 7.71. The normalized spacial score (nSPS) is 22.5. The lowest BCUT2D eigenvalue weighted by Crippen LogP contribution is -2.50. The Bertz CT molecular complexity index is 829. The van der Waals surface area contributed by atoms with Gasteiger partial charge in [-0.3, -0.25) is 0 Å². The maximum absolute atomic E-state index is 6.03. The van der Waals surface area contributed by atoms with Crippen LogP contribution in [0.2, 0.25) is 0 Å². The molecular formula is C17H19N3O2. The second kappa shape index (κ2) is 4.95. The molecule has 22 heavy (non-hydrogen) atoms. The fourth-order valence-corrected chi connectivity index (χ4v) is 3.06. The smallest absolute Gasteiger partial charge is 0.196 e. The molecule has 3 heterocycles. The molecule has 1 aromatic carbocycles. The van der Waals surface area contributed by atoms with Gasteiger partial charge in [0.1, 0.15) is 17.4 Å². The minimum absolute atomic E-state index is 0.137. The van der Waals surface area contributed by atoms with Gasteiger partial charge in [-0.25, -0.2) is 9.97 Å². The van der Waals surface area contributed by atoms with Crippen molar-refractivity contribution in [3.63, 3.8) is 0 Å². The molecule has 0 amide bonds. The number of hydrogen-bond acceptors (Lipinski definition) is 5.